The second-order valence-electron chi connectivity index (χ2n) is 8.06. The number of rotatable bonds is 3. The maximum Gasteiger partial charge on any atom is 0.0318 e. The third kappa shape index (κ3) is 2.43. The van der Waals surface area contributed by atoms with Crippen molar-refractivity contribution in [3.8, 4) is 0 Å². The lowest BCUT2D eigenvalue weighted by Crippen LogP contribution is -2.32. The van der Waals surface area contributed by atoms with Crippen LogP contribution in [0.3, 0.4) is 0 Å². The van der Waals surface area contributed by atoms with Crippen molar-refractivity contribution < 1.29 is 0 Å². The first-order valence-electron chi connectivity index (χ1n) is 8.38. The van der Waals surface area contributed by atoms with Crippen LogP contribution in [0.1, 0.15) is 76.6 Å². The van der Waals surface area contributed by atoms with Gasteiger partial charge in [-0.2, -0.15) is 0 Å². The molecule has 0 aromatic carbocycles. The zero-order chi connectivity index (χ0) is 14.4. The molecule has 1 heterocycles. The van der Waals surface area contributed by atoms with Gasteiger partial charge in [-0.3, -0.25) is 0 Å². The number of nitrogens with two attached hydrogens (primary N) is 1. The molecule has 1 unspecified atom stereocenters. The fraction of sp³-hybridized carbons (Fsp3) is 0.778. The van der Waals surface area contributed by atoms with Gasteiger partial charge in [0, 0.05) is 24.5 Å². The van der Waals surface area contributed by atoms with Gasteiger partial charge in [-0.15, -0.1) is 0 Å². The Hall–Kier alpha value is -0.760. The molecule has 0 bridgehead atoms. The van der Waals surface area contributed by atoms with E-state index in [1.54, 1.807) is 0 Å². The van der Waals surface area contributed by atoms with E-state index in [2.05, 4.69) is 37.6 Å². The third-order valence-corrected chi connectivity index (χ3v) is 5.85. The van der Waals surface area contributed by atoms with Crippen LogP contribution < -0.4 is 5.73 Å². The fourth-order valence-corrected chi connectivity index (χ4v) is 4.55. The lowest BCUT2D eigenvalue weighted by molar-refractivity contribution is 0.223. The molecule has 1 atom stereocenters. The molecule has 1 aromatic heterocycles. The van der Waals surface area contributed by atoms with Crippen LogP contribution in [-0.2, 0) is 13.0 Å². The van der Waals surface area contributed by atoms with Crippen molar-refractivity contribution in [3.63, 3.8) is 0 Å². The van der Waals surface area contributed by atoms with Crippen molar-refractivity contribution in [1.82, 2.24) is 4.57 Å². The van der Waals surface area contributed by atoms with Crippen molar-refractivity contribution in [2.24, 2.45) is 16.6 Å². The Morgan fingerprint density at radius 1 is 1.30 bits per heavy atom. The first-order chi connectivity index (χ1) is 9.45. The summed E-state index contributed by atoms with van der Waals surface area (Å²) in [4.78, 5) is 0. The number of fused-ring (bicyclic) bond motifs is 1. The quantitative estimate of drug-likeness (QED) is 0.868. The number of hydrogen-bond donors (Lipinski definition) is 1. The molecular formula is C18H30N2. The zero-order valence-corrected chi connectivity index (χ0v) is 13.4. The van der Waals surface area contributed by atoms with E-state index in [0.29, 0.717) is 10.8 Å². The first-order valence-corrected chi connectivity index (χ1v) is 8.38. The molecular weight excluding hydrogens is 244 g/mol. The standard InChI is InChI=1S/C18H30N2/c1-4-18(8-5-6-9-18)13-20-10-7-14-15(19)11-17(2,3)12-16(14)20/h7,10,15H,4-6,8-9,11-13,19H2,1-3H3. The molecule has 20 heavy (non-hydrogen) atoms. The Morgan fingerprint density at radius 3 is 2.65 bits per heavy atom. The Bertz CT molecular complexity index is 478. The van der Waals surface area contributed by atoms with E-state index < -0.39 is 0 Å². The zero-order valence-electron chi connectivity index (χ0n) is 13.4. The fourth-order valence-electron chi connectivity index (χ4n) is 4.55. The van der Waals surface area contributed by atoms with Gasteiger partial charge in [0.05, 0.1) is 0 Å². The molecule has 1 saturated carbocycles. The molecule has 1 aromatic rings. The second-order valence-corrected chi connectivity index (χ2v) is 8.06. The van der Waals surface area contributed by atoms with Crippen LogP contribution in [0.25, 0.3) is 0 Å². The highest BCUT2D eigenvalue weighted by Gasteiger charge is 2.36. The van der Waals surface area contributed by atoms with Crippen molar-refractivity contribution in [1.29, 1.82) is 0 Å². The summed E-state index contributed by atoms with van der Waals surface area (Å²) in [7, 11) is 0. The highest BCUT2D eigenvalue weighted by atomic mass is 15.0. The molecule has 2 N–H and O–H groups in total. The highest BCUT2D eigenvalue weighted by Crippen LogP contribution is 2.45. The van der Waals surface area contributed by atoms with Crippen LogP contribution in [0.5, 0.6) is 0 Å². The first kappa shape index (κ1) is 14.2. The molecule has 2 aliphatic rings. The van der Waals surface area contributed by atoms with Crippen LogP contribution in [0.4, 0.5) is 0 Å². The van der Waals surface area contributed by atoms with Gasteiger partial charge in [0.15, 0.2) is 0 Å². The predicted molar refractivity (Wildman–Crippen MR) is 84.7 cm³/mol. The molecule has 2 aliphatic carbocycles. The molecule has 2 heteroatoms. The Kier molecular flexibility index (Phi) is 3.48. The third-order valence-electron chi connectivity index (χ3n) is 5.85. The SMILES string of the molecule is CCC1(Cn2ccc3c2CC(C)(C)CC3N)CCCC1. The second kappa shape index (κ2) is 4.91. The van der Waals surface area contributed by atoms with E-state index in [1.165, 1.54) is 56.3 Å². The Balaban J connectivity index is 1.89. The number of nitrogens with zero attached hydrogens (tertiary/aromatic N) is 1. The van der Waals surface area contributed by atoms with E-state index in [-0.39, 0.29) is 6.04 Å². The lowest BCUT2D eigenvalue weighted by atomic mass is 9.74. The van der Waals surface area contributed by atoms with Crippen molar-refractivity contribution in [2.45, 2.75) is 78.3 Å². The number of hydrogen-bond acceptors (Lipinski definition) is 1. The van der Waals surface area contributed by atoms with Gasteiger partial charge in [0.2, 0.25) is 0 Å². The number of aromatic nitrogens is 1. The Morgan fingerprint density at radius 2 is 2.00 bits per heavy atom. The highest BCUT2D eigenvalue weighted by molar-refractivity contribution is 5.30. The normalized spacial score (nSPS) is 27.5. The molecule has 1 fully saturated rings. The van der Waals surface area contributed by atoms with Crippen LogP contribution in [0.2, 0.25) is 0 Å². The summed E-state index contributed by atoms with van der Waals surface area (Å²) in [6.07, 6.45) is 11.6. The topological polar surface area (TPSA) is 30.9 Å². The summed E-state index contributed by atoms with van der Waals surface area (Å²) in [5.74, 6) is 0. The maximum atomic E-state index is 6.40. The minimum atomic E-state index is 0.233. The minimum Gasteiger partial charge on any atom is -0.351 e. The molecule has 112 valence electrons. The predicted octanol–water partition coefficient (Wildman–Crippen LogP) is 4.43. The summed E-state index contributed by atoms with van der Waals surface area (Å²) in [6, 6.07) is 2.52. The summed E-state index contributed by atoms with van der Waals surface area (Å²) < 4.78 is 2.55. The summed E-state index contributed by atoms with van der Waals surface area (Å²) in [5.41, 5.74) is 10.2. The van der Waals surface area contributed by atoms with Gasteiger partial charge in [-0.1, -0.05) is 33.6 Å². The van der Waals surface area contributed by atoms with Gasteiger partial charge < -0.3 is 10.3 Å². The largest absolute Gasteiger partial charge is 0.351 e. The van der Waals surface area contributed by atoms with E-state index >= 15 is 0 Å². The maximum absolute atomic E-state index is 6.40. The van der Waals surface area contributed by atoms with Gasteiger partial charge in [-0.25, -0.2) is 0 Å². The van der Waals surface area contributed by atoms with Crippen molar-refractivity contribution in [2.75, 3.05) is 0 Å². The Labute approximate surface area is 123 Å². The monoisotopic (exact) mass is 274 g/mol. The van der Waals surface area contributed by atoms with Gasteiger partial charge in [0.25, 0.3) is 0 Å². The van der Waals surface area contributed by atoms with Gasteiger partial charge >= 0.3 is 0 Å². The van der Waals surface area contributed by atoms with E-state index in [0.717, 1.165) is 6.42 Å². The smallest absolute Gasteiger partial charge is 0.0318 e. The average molecular weight is 274 g/mol. The molecule has 0 radical (unpaired) electrons. The van der Waals surface area contributed by atoms with Crippen molar-refractivity contribution in [3.05, 3.63) is 23.5 Å². The van der Waals surface area contributed by atoms with Gasteiger partial charge in [-0.05, 0) is 54.6 Å². The molecule has 0 spiro atoms. The molecule has 2 nitrogen and oxygen atoms in total. The van der Waals surface area contributed by atoms with E-state index in [9.17, 15) is 0 Å². The molecule has 0 aliphatic heterocycles. The molecule has 0 saturated heterocycles. The summed E-state index contributed by atoms with van der Waals surface area (Å²) >= 11 is 0. The van der Waals surface area contributed by atoms with Crippen LogP contribution >= 0.6 is 0 Å². The summed E-state index contributed by atoms with van der Waals surface area (Å²) in [6.45, 7) is 8.30. The van der Waals surface area contributed by atoms with Gasteiger partial charge in [0.1, 0.15) is 0 Å². The van der Waals surface area contributed by atoms with Crippen LogP contribution in [-0.4, -0.2) is 4.57 Å². The molecule has 3 rings (SSSR count). The molecule has 0 amide bonds. The van der Waals surface area contributed by atoms with Crippen molar-refractivity contribution >= 4 is 0 Å². The minimum absolute atomic E-state index is 0.233. The average Bonchev–Trinajstić information content (AvgIpc) is 2.97. The van der Waals surface area contributed by atoms with Crippen LogP contribution in [0.15, 0.2) is 12.3 Å². The van der Waals surface area contributed by atoms with E-state index in [4.69, 9.17) is 5.73 Å². The lowest BCUT2D eigenvalue weighted by Gasteiger charge is -2.36. The van der Waals surface area contributed by atoms with Crippen LogP contribution in [0, 0.1) is 10.8 Å². The summed E-state index contributed by atoms with van der Waals surface area (Å²) in [5, 5.41) is 0. The van der Waals surface area contributed by atoms with E-state index in [1.807, 2.05) is 0 Å².